The number of benzene rings is 3. The molecule has 3 aromatic rings. The first-order chi connectivity index (χ1) is 16.2. The van der Waals surface area contributed by atoms with Crippen LogP contribution in [0, 0.1) is 11.3 Å². The number of fused-ring (bicyclic) bond motifs is 1. The maximum Gasteiger partial charge on any atom is 0.253 e. The molecule has 1 amide bonds. The maximum absolute atomic E-state index is 13.2. The molecule has 5 nitrogen and oxygen atoms in total. The first-order valence-corrected chi connectivity index (χ1v) is 11.7. The van der Waals surface area contributed by atoms with Crippen molar-refractivity contribution in [1.29, 1.82) is 5.26 Å². The lowest BCUT2D eigenvalue weighted by Crippen LogP contribution is -2.35. The number of nitriles is 1. The Balaban J connectivity index is 1.22. The fraction of sp³-hybridized carbons (Fsp3) is 0.286. The van der Waals surface area contributed by atoms with Gasteiger partial charge in [-0.25, -0.2) is 0 Å². The second-order valence-electron chi connectivity index (χ2n) is 8.78. The number of carbonyl (C=O) groups excluding carboxylic acids is 1. The minimum absolute atomic E-state index is 0.104. The van der Waals surface area contributed by atoms with E-state index in [1.54, 1.807) is 0 Å². The number of rotatable bonds is 3. The Hall–Kier alpha value is -3.78. The largest absolute Gasteiger partial charge is 0.370 e. The summed E-state index contributed by atoms with van der Waals surface area (Å²) in [5.41, 5.74) is 6.53. The molecule has 0 atom stereocenters. The molecular formula is C28H28N4O. The third-order valence-corrected chi connectivity index (χ3v) is 6.75. The van der Waals surface area contributed by atoms with Gasteiger partial charge in [0.2, 0.25) is 0 Å². The van der Waals surface area contributed by atoms with Crippen molar-refractivity contribution in [2.24, 2.45) is 0 Å². The van der Waals surface area contributed by atoms with Crippen molar-refractivity contribution in [3.05, 3.63) is 95.1 Å². The topological polar surface area (TPSA) is 50.6 Å². The molecule has 0 bridgehead atoms. The minimum Gasteiger partial charge on any atom is -0.370 e. The van der Waals surface area contributed by atoms with Crippen molar-refractivity contribution in [1.82, 2.24) is 4.90 Å². The van der Waals surface area contributed by atoms with Crippen LogP contribution in [0.3, 0.4) is 0 Å². The van der Waals surface area contributed by atoms with Gasteiger partial charge in [-0.15, -0.1) is 0 Å². The van der Waals surface area contributed by atoms with Gasteiger partial charge in [0, 0.05) is 56.2 Å². The van der Waals surface area contributed by atoms with Crippen LogP contribution in [-0.2, 0) is 13.0 Å². The van der Waals surface area contributed by atoms with Gasteiger partial charge in [0.25, 0.3) is 5.91 Å². The second-order valence-corrected chi connectivity index (χ2v) is 8.78. The number of nitrogens with zero attached hydrogens (tertiary/aromatic N) is 4. The highest BCUT2D eigenvalue weighted by Crippen LogP contribution is 2.25. The lowest BCUT2D eigenvalue weighted by Gasteiger charge is -2.31. The zero-order valence-corrected chi connectivity index (χ0v) is 18.8. The summed E-state index contributed by atoms with van der Waals surface area (Å²) in [4.78, 5) is 19.8. The van der Waals surface area contributed by atoms with Crippen LogP contribution in [0.4, 0.5) is 11.4 Å². The third-order valence-electron chi connectivity index (χ3n) is 6.75. The first-order valence-electron chi connectivity index (χ1n) is 11.7. The fourth-order valence-corrected chi connectivity index (χ4v) is 4.84. The fourth-order valence-electron chi connectivity index (χ4n) is 4.84. The molecule has 0 aromatic heterocycles. The normalized spacial score (nSPS) is 16.0. The molecule has 0 unspecified atom stereocenters. The number of anilines is 2. The van der Waals surface area contributed by atoms with Crippen LogP contribution < -0.4 is 9.80 Å². The lowest BCUT2D eigenvalue weighted by molar-refractivity contribution is 0.0767. The van der Waals surface area contributed by atoms with Gasteiger partial charge >= 0.3 is 0 Å². The Kier molecular flexibility index (Phi) is 5.99. The van der Waals surface area contributed by atoms with E-state index in [1.807, 2.05) is 41.3 Å². The quantitative estimate of drug-likeness (QED) is 0.608. The van der Waals surface area contributed by atoms with Gasteiger partial charge in [-0.05, 0) is 72.5 Å². The average molecular weight is 437 g/mol. The summed E-state index contributed by atoms with van der Waals surface area (Å²) >= 11 is 0. The summed E-state index contributed by atoms with van der Waals surface area (Å²) < 4.78 is 0. The standard InChI is InChI=1S/C28H28N4O/c29-20-22-6-10-26(11-7-22)30-15-3-16-31(19-18-30)28(33)24-8-12-27(13-9-24)32-17-14-23-4-1-2-5-25(23)21-32/h1-2,4-13H,3,14-19,21H2. The smallest absolute Gasteiger partial charge is 0.253 e. The van der Waals surface area contributed by atoms with Gasteiger partial charge in [0.1, 0.15) is 0 Å². The van der Waals surface area contributed by atoms with E-state index in [4.69, 9.17) is 5.26 Å². The number of amides is 1. The van der Waals surface area contributed by atoms with Crippen LogP contribution in [0.1, 0.15) is 33.5 Å². The Morgan fingerprint density at radius 1 is 0.727 bits per heavy atom. The van der Waals surface area contributed by atoms with Crippen molar-refractivity contribution < 1.29 is 4.79 Å². The van der Waals surface area contributed by atoms with Gasteiger partial charge in [0.15, 0.2) is 0 Å². The van der Waals surface area contributed by atoms with Crippen LogP contribution in [-0.4, -0.2) is 43.5 Å². The minimum atomic E-state index is 0.104. The predicted octanol–water partition coefficient (Wildman–Crippen LogP) is 4.47. The molecule has 0 radical (unpaired) electrons. The average Bonchev–Trinajstić information content (AvgIpc) is 3.14. The van der Waals surface area contributed by atoms with E-state index in [0.29, 0.717) is 12.1 Å². The number of carbonyl (C=O) groups is 1. The molecule has 3 aromatic carbocycles. The monoisotopic (exact) mass is 436 g/mol. The Labute approximate surface area is 195 Å². The molecule has 0 N–H and O–H groups in total. The van der Waals surface area contributed by atoms with Gasteiger partial charge in [0.05, 0.1) is 11.6 Å². The molecule has 33 heavy (non-hydrogen) atoms. The molecule has 1 saturated heterocycles. The highest BCUT2D eigenvalue weighted by atomic mass is 16.2. The Morgan fingerprint density at radius 3 is 2.18 bits per heavy atom. The summed E-state index contributed by atoms with van der Waals surface area (Å²) in [6, 6.07) is 26.6. The molecule has 1 fully saturated rings. The SMILES string of the molecule is N#Cc1ccc(N2CCCN(C(=O)c3ccc(N4CCc5ccccc5C4)cc3)CC2)cc1. The summed E-state index contributed by atoms with van der Waals surface area (Å²) in [6.07, 6.45) is 1.98. The van der Waals surface area contributed by atoms with Crippen molar-refractivity contribution >= 4 is 17.3 Å². The van der Waals surface area contributed by atoms with E-state index in [0.717, 1.165) is 56.8 Å². The first kappa shape index (κ1) is 21.1. The van der Waals surface area contributed by atoms with Crippen LogP contribution in [0.25, 0.3) is 0 Å². The molecule has 2 aliphatic heterocycles. The van der Waals surface area contributed by atoms with E-state index >= 15 is 0 Å². The molecule has 2 aliphatic rings. The second kappa shape index (κ2) is 9.38. The molecule has 0 spiro atoms. The molecule has 0 aliphatic carbocycles. The van der Waals surface area contributed by atoms with Crippen molar-refractivity contribution in [2.75, 3.05) is 42.5 Å². The number of hydrogen-bond acceptors (Lipinski definition) is 4. The molecule has 0 saturated carbocycles. The van der Waals surface area contributed by atoms with Crippen molar-refractivity contribution in [3.63, 3.8) is 0 Å². The summed E-state index contributed by atoms with van der Waals surface area (Å²) in [6.45, 7) is 5.08. The van der Waals surface area contributed by atoms with Gasteiger partial charge in [-0.2, -0.15) is 5.26 Å². The highest BCUT2D eigenvalue weighted by Gasteiger charge is 2.21. The van der Waals surface area contributed by atoms with E-state index in [-0.39, 0.29) is 5.91 Å². The van der Waals surface area contributed by atoms with E-state index in [2.05, 4.69) is 52.3 Å². The van der Waals surface area contributed by atoms with Crippen LogP contribution in [0.15, 0.2) is 72.8 Å². The van der Waals surface area contributed by atoms with Gasteiger partial charge < -0.3 is 14.7 Å². The molecular weight excluding hydrogens is 408 g/mol. The summed E-state index contributed by atoms with van der Waals surface area (Å²) in [7, 11) is 0. The summed E-state index contributed by atoms with van der Waals surface area (Å²) in [5.74, 6) is 0.104. The van der Waals surface area contributed by atoms with E-state index < -0.39 is 0 Å². The highest BCUT2D eigenvalue weighted by molar-refractivity contribution is 5.94. The van der Waals surface area contributed by atoms with E-state index in [9.17, 15) is 4.79 Å². The zero-order valence-electron chi connectivity index (χ0n) is 18.8. The molecule has 2 heterocycles. The molecule has 5 heteroatoms. The Bertz CT molecular complexity index is 1160. The lowest BCUT2D eigenvalue weighted by atomic mass is 9.99. The predicted molar refractivity (Wildman–Crippen MR) is 132 cm³/mol. The summed E-state index contributed by atoms with van der Waals surface area (Å²) in [5, 5.41) is 9.01. The Morgan fingerprint density at radius 2 is 1.42 bits per heavy atom. The van der Waals surface area contributed by atoms with Crippen molar-refractivity contribution in [2.45, 2.75) is 19.4 Å². The van der Waals surface area contributed by atoms with Gasteiger partial charge in [-0.3, -0.25) is 4.79 Å². The maximum atomic E-state index is 13.2. The third kappa shape index (κ3) is 4.56. The molecule has 5 rings (SSSR count). The van der Waals surface area contributed by atoms with Crippen molar-refractivity contribution in [3.8, 4) is 6.07 Å². The van der Waals surface area contributed by atoms with E-state index in [1.165, 1.54) is 16.8 Å². The zero-order chi connectivity index (χ0) is 22.6. The van der Waals surface area contributed by atoms with Crippen LogP contribution >= 0.6 is 0 Å². The van der Waals surface area contributed by atoms with Gasteiger partial charge in [-0.1, -0.05) is 24.3 Å². The van der Waals surface area contributed by atoms with Crippen LogP contribution in [0.2, 0.25) is 0 Å². The van der Waals surface area contributed by atoms with Crippen LogP contribution in [0.5, 0.6) is 0 Å². The molecule has 166 valence electrons. The number of hydrogen-bond donors (Lipinski definition) is 0.